The van der Waals surface area contributed by atoms with Crippen LogP contribution in [0.3, 0.4) is 0 Å². The van der Waals surface area contributed by atoms with E-state index < -0.39 is 0 Å². The highest BCUT2D eigenvalue weighted by molar-refractivity contribution is 7.98. The number of H-pyrrole nitrogens is 1. The van der Waals surface area contributed by atoms with Gasteiger partial charge >= 0.3 is 0 Å². The summed E-state index contributed by atoms with van der Waals surface area (Å²) in [5.74, 6) is -0.305. The maximum Gasteiger partial charge on any atom is 0.254 e. The maximum absolute atomic E-state index is 12.2. The molecule has 0 radical (unpaired) electrons. The van der Waals surface area contributed by atoms with E-state index in [1.165, 1.54) is 11.8 Å². The lowest BCUT2D eigenvalue weighted by Crippen LogP contribution is -2.20. The topological polar surface area (TPSA) is 104 Å². The number of nitrogens with zero attached hydrogens (tertiary/aromatic N) is 1. The summed E-state index contributed by atoms with van der Waals surface area (Å²) in [6, 6.07) is 6.94. The molecule has 0 aliphatic rings. The van der Waals surface area contributed by atoms with Gasteiger partial charge < -0.3 is 15.6 Å². The van der Waals surface area contributed by atoms with E-state index in [9.17, 15) is 14.4 Å². The van der Waals surface area contributed by atoms with Gasteiger partial charge in [0.15, 0.2) is 5.16 Å². The van der Waals surface area contributed by atoms with E-state index >= 15 is 0 Å². The number of anilines is 2. The van der Waals surface area contributed by atoms with E-state index in [1.54, 1.807) is 38.1 Å². The third-order valence-corrected chi connectivity index (χ3v) is 4.33. The van der Waals surface area contributed by atoms with Gasteiger partial charge in [-0.2, -0.15) is 0 Å². The Hall–Kier alpha value is -2.61. The Balaban J connectivity index is 1.98. The molecule has 0 bridgehead atoms. The molecule has 3 N–H and O–H groups in total. The van der Waals surface area contributed by atoms with Gasteiger partial charge in [-0.15, -0.1) is 0 Å². The van der Waals surface area contributed by atoms with Crippen LogP contribution in [0.2, 0.25) is 0 Å². The summed E-state index contributed by atoms with van der Waals surface area (Å²) >= 11 is 1.36. The van der Waals surface area contributed by atoms with Crippen LogP contribution in [-0.2, 0) is 16.0 Å². The van der Waals surface area contributed by atoms with Crippen LogP contribution in [-0.4, -0.2) is 28.0 Å². The highest BCUT2D eigenvalue weighted by Crippen LogP contribution is 2.16. The van der Waals surface area contributed by atoms with Crippen LogP contribution in [0.15, 0.2) is 34.2 Å². The van der Waals surface area contributed by atoms with Crippen molar-refractivity contribution in [1.29, 1.82) is 0 Å². The van der Waals surface area contributed by atoms with Crippen LogP contribution < -0.4 is 16.2 Å². The fourth-order valence-corrected chi connectivity index (χ4v) is 2.78. The third kappa shape index (κ3) is 5.45. The normalized spacial score (nSPS) is 10.4. The molecule has 1 aromatic heterocycles. The van der Waals surface area contributed by atoms with Gasteiger partial charge in [-0.3, -0.25) is 14.4 Å². The Labute approximate surface area is 156 Å². The smallest absolute Gasteiger partial charge is 0.254 e. The van der Waals surface area contributed by atoms with E-state index in [0.29, 0.717) is 40.6 Å². The molecule has 0 spiro atoms. The van der Waals surface area contributed by atoms with E-state index in [4.69, 9.17) is 0 Å². The zero-order valence-corrected chi connectivity index (χ0v) is 15.8. The van der Waals surface area contributed by atoms with E-state index in [2.05, 4.69) is 20.6 Å². The van der Waals surface area contributed by atoms with Crippen LogP contribution in [0.1, 0.15) is 31.0 Å². The van der Waals surface area contributed by atoms with Gasteiger partial charge in [0.2, 0.25) is 11.8 Å². The summed E-state index contributed by atoms with van der Waals surface area (Å²) < 4.78 is 0. The molecule has 1 aromatic carbocycles. The molecule has 8 heteroatoms. The summed E-state index contributed by atoms with van der Waals surface area (Å²) in [7, 11) is 0. The minimum atomic E-state index is -0.211. The number of aromatic amines is 1. The molecule has 1 heterocycles. The van der Waals surface area contributed by atoms with Crippen LogP contribution in [0.5, 0.6) is 0 Å². The quantitative estimate of drug-likeness (QED) is 0.511. The summed E-state index contributed by atoms with van der Waals surface area (Å²) in [6.07, 6.45) is 2.69. The average molecular weight is 374 g/mol. The Morgan fingerprint density at radius 2 is 1.85 bits per heavy atom. The number of carbonyl (C=O) groups is 2. The largest absolute Gasteiger partial charge is 0.326 e. The van der Waals surface area contributed by atoms with Gasteiger partial charge in [-0.25, -0.2) is 4.98 Å². The molecule has 0 atom stereocenters. The van der Waals surface area contributed by atoms with Crippen molar-refractivity contribution in [1.82, 2.24) is 9.97 Å². The average Bonchev–Trinajstić information content (AvgIpc) is 2.60. The zero-order valence-electron chi connectivity index (χ0n) is 15.0. The molecular weight excluding hydrogens is 352 g/mol. The SMILES string of the molecule is CCC(=O)Nc1cccc(NC(=O)CCc2c(C)nc(SC)[nH]c2=O)c1. The number of carbonyl (C=O) groups excluding carboxylic acids is 2. The maximum atomic E-state index is 12.2. The van der Waals surface area contributed by atoms with Crippen molar-refractivity contribution >= 4 is 35.0 Å². The third-order valence-electron chi connectivity index (χ3n) is 3.75. The van der Waals surface area contributed by atoms with E-state index in [1.807, 2.05) is 6.26 Å². The lowest BCUT2D eigenvalue weighted by atomic mass is 10.1. The molecule has 2 rings (SSSR count). The first kappa shape index (κ1) is 19.7. The van der Waals surface area contributed by atoms with Crippen molar-refractivity contribution in [2.75, 3.05) is 16.9 Å². The van der Waals surface area contributed by atoms with Crippen molar-refractivity contribution < 1.29 is 9.59 Å². The fourth-order valence-electron chi connectivity index (χ4n) is 2.36. The molecule has 0 unspecified atom stereocenters. The predicted molar refractivity (Wildman–Crippen MR) is 104 cm³/mol. The predicted octanol–water partition coefficient (Wildman–Crippen LogP) is 2.72. The Morgan fingerprint density at radius 3 is 2.42 bits per heavy atom. The van der Waals surface area contributed by atoms with Crippen LogP contribution in [0.4, 0.5) is 11.4 Å². The first-order valence-electron chi connectivity index (χ1n) is 8.26. The van der Waals surface area contributed by atoms with Crippen molar-refractivity contribution in [3.8, 4) is 0 Å². The number of nitrogens with one attached hydrogen (secondary N) is 3. The molecule has 0 saturated heterocycles. The first-order chi connectivity index (χ1) is 12.4. The first-order valence-corrected chi connectivity index (χ1v) is 9.49. The van der Waals surface area contributed by atoms with Crippen LogP contribution in [0.25, 0.3) is 0 Å². The van der Waals surface area contributed by atoms with Gasteiger partial charge in [-0.1, -0.05) is 24.8 Å². The lowest BCUT2D eigenvalue weighted by Gasteiger charge is -2.09. The minimum Gasteiger partial charge on any atom is -0.326 e. The molecule has 26 heavy (non-hydrogen) atoms. The second-order valence-corrected chi connectivity index (χ2v) is 6.46. The lowest BCUT2D eigenvalue weighted by molar-refractivity contribution is -0.116. The van der Waals surface area contributed by atoms with Crippen molar-refractivity contribution in [2.45, 2.75) is 38.3 Å². The van der Waals surface area contributed by atoms with Gasteiger partial charge in [0.1, 0.15) is 0 Å². The molecule has 0 fully saturated rings. The number of rotatable bonds is 7. The molecule has 0 aliphatic carbocycles. The van der Waals surface area contributed by atoms with Crippen LogP contribution >= 0.6 is 11.8 Å². The summed E-state index contributed by atoms with van der Waals surface area (Å²) in [5.41, 5.74) is 2.15. The molecule has 7 nitrogen and oxygen atoms in total. The standard InChI is InChI=1S/C18H22N4O3S/c1-4-15(23)20-12-6-5-7-13(10-12)21-16(24)9-8-14-11(2)19-18(26-3)22-17(14)25/h5-7,10H,4,8-9H2,1-3H3,(H,20,23)(H,21,24)(H,19,22,25). The molecule has 0 aliphatic heterocycles. The summed E-state index contributed by atoms with van der Waals surface area (Å²) in [6.45, 7) is 3.54. The molecule has 0 saturated carbocycles. The summed E-state index contributed by atoms with van der Waals surface area (Å²) in [4.78, 5) is 42.7. The highest BCUT2D eigenvalue weighted by atomic mass is 32.2. The molecule has 138 valence electrons. The zero-order chi connectivity index (χ0) is 19.1. The monoisotopic (exact) mass is 374 g/mol. The van der Waals surface area contributed by atoms with E-state index in [-0.39, 0.29) is 23.8 Å². The fraction of sp³-hybridized carbons (Fsp3) is 0.333. The molecule has 2 aromatic rings. The Kier molecular flexibility index (Phi) is 6.97. The number of benzene rings is 1. The van der Waals surface area contributed by atoms with Gasteiger partial charge in [0.25, 0.3) is 5.56 Å². The van der Waals surface area contributed by atoms with Gasteiger partial charge in [0, 0.05) is 35.5 Å². The number of hydrogen-bond donors (Lipinski definition) is 3. The molecular formula is C18H22N4O3S. The van der Waals surface area contributed by atoms with E-state index in [0.717, 1.165) is 0 Å². The number of thioether (sulfide) groups is 1. The number of hydrogen-bond acceptors (Lipinski definition) is 5. The Morgan fingerprint density at radius 1 is 1.19 bits per heavy atom. The number of aryl methyl sites for hydroxylation is 1. The van der Waals surface area contributed by atoms with Crippen molar-refractivity contribution in [3.05, 3.63) is 45.9 Å². The second kappa shape index (κ2) is 9.19. The highest BCUT2D eigenvalue weighted by Gasteiger charge is 2.11. The number of aromatic nitrogens is 2. The second-order valence-electron chi connectivity index (χ2n) is 5.67. The summed E-state index contributed by atoms with van der Waals surface area (Å²) in [5, 5.41) is 6.08. The van der Waals surface area contributed by atoms with Gasteiger partial charge in [-0.05, 0) is 37.8 Å². The minimum absolute atomic E-state index is 0.0932. The van der Waals surface area contributed by atoms with Crippen LogP contribution in [0, 0.1) is 6.92 Å². The Bertz CT molecular complexity index is 864. The van der Waals surface area contributed by atoms with Gasteiger partial charge in [0.05, 0.1) is 0 Å². The van der Waals surface area contributed by atoms with Crippen molar-refractivity contribution in [2.24, 2.45) is 0 Å². The van der Waals surface area contributed by atoms with Crippen molar-refractivity contribution in [3.63, 3.8) is 0 Å². The number of amides is 2. The molecule has 2 amide bonds.